The molecule has 4 heteroatoms. The van der Waals surface area contributed by atoms with E-state index in [9.17, 15) is 0 Å². The minimum absolute atomic E-state index is 0.172. The van der Waals surface area contributed by atoms with Gasteiger partial charge in [0.05, 0.1) is 11.8 Å². The molecule has 2 heterocycles. The standard InChI is InChI=1S/C23H19ClN2O/c1-15-6-2-3-7-18(15)23-26-21(19-8-4-5-9-22(19)27-23)14-20(25-26)16-10-12-17(24)13-11-16/h2-13,21,23H,14H2,1H3/t21-,23-/m1/s1. The van der Waals surface area contributed by atoms with Gasteiger partial charge in [0.15, 0.2) is 0 Å². The summed E-state index contributed by atoms with van der Waals surface area (Å²) in [7, 11) is 0. The van der Waals surface area contributed by atoms with Crippen molar-refractivity contribution in [2.45, 2.75) is 25.6 Å². The Bertz CT molecular complexity index is 1030. The van der Waals surface area contributed by atoms with Crippen LogP contribution in [0.15, 0.2) is 77.9 Å². The van der Waals surface area contributed by atoms with Crippen molar-refractivity contribution >= 4 is 17.3 Å². The summed E-state index contributed by atoms with van der Waals surface area (Å²) in [5.41, 5.74) is 5.72. The number of halogens is 1. The molecule has 0 radical (unpaired) electrons. The molecule has 3 aromatic carbocycles. The van der Waals surface area contributed by atoms with E-state index in [0.29, 0.717) is 0 Å². The lowest BCUT2D eigenvalue weighted by molar-refractivity contribution is -0.0194. The van der Waals surface area contributed by atoms with Crippen LogP contribution in [0.25, 0.3) is 0 Å². The highest BCUT2D eigenvalue weighted by Gasteiger charge is 2.41. The zero-order chi connectivity index (χ0) is 18.4. The highest BCUT2D eigenvalue weighted by molar-refractivity contribution is 6.30. The number of nitrogens with zero attached hydrogens (tertiary/aromatic N) is 2. The highest BCUT2D eigenvalue weighted by atomic mass is 35.5. The molecule has 2 atom stereocenters. The normalized spacial score (nSPS) is 20.5. The molecule has 5 rings (SSSR count). The molecular formula is C23H19ClN2O. The number of benzene rings is 3. The van der Waals surface area contributed by atoms with E-state index in [1.807, 2.05) is 30.3 Å². The maximum atomic E-state index is 6.41. The van der Waals surface area contributed by atoms with Gasteiger partial charge in [-0.15, -0.1) is 0 Å². The molecular weight excluding hydrogens is 356 g/mol. The van der Waals surface area contributed by atoms with Gasteiger partial charge in [-0.25, -0.2) is 5.01 Å². The first-order chi connectivity index (χ1) is 13.2. The van der Waals surface area contributed by atoms with Crippen molar-refractivity contribution in [2.24, 2.45) is 5.10 Å². The van der Waals surface area contributed by atoms with Gasteiger partial charge in [0.1, 0.15) is 5.75 Å². The lowest BCUT2D eigenvalue weighted by atomic mass is 9.95. The zero-order valence-electron chi connectivity index (χ0n) is 15.0. The number of rotatable bonds is 2. The van der Waals surface area contributed by atoms with Crippen LogP contribution in [0.2, 0.25) is 5.02 Å². The van der Waals surface area contributed by atoms with Gasteiger partial charge >= 0.3 is 0 Å². The van der Waals surface area contributed by atoms with Crippen LogP contribution in [-0.4, -0.2) is 10.7 Å². The second kappa shape index (κ2) is 6.43. The Morgan fingerprint density at radius 2 is 1.63 bits per heavy atom. The summed E-state index contributed by atoms with van der Waals surface area (Å²) in [4.78, 5) is 0. The predicted molar refractivity (Wildman–Crippen MR) is 108 cm³/mol. The number of hydrogen-bond donors (Lipinski definition) is 0. The third-order valence-electron chi connectivity index (χ3n) is 5.33. The first-order valence-corrected chi connectivity index (χ1v) is 9.51. The second-order valence-electron chi connectivity index (χ2n) is 7.02. The van der Waals surface area contributed by atoms with Crippen LogP contribution in [0.5, 0.6) is 5.75 Å². The van der Waals surface area contributed by atoms with Gasteiger partial charge in [-0.2, -0.15) is 5.10 Å². The van der Waals surface area contributed by atoms with Crippen molar-refractivity contribution in [3.63, 3.8) is 0 Å². The molecule has 3 aromatic rings. The minimum Gasteiger partial charge on any atom is -0.464 e. The van der Waals surface area contributed by atoms with E-state index in [1.165, 1.54) is 11.1 Å². The predicted octanol–water partition coefficient (Wildman–Crippen LogP) is 5.89. The summed E-state index contributed by atoms with van der Waals surface area (Å²) in [5.74, 6) is 0.944. The summed E-state index contributed by atoms with van der Waals surface area (Å²) >= 11 is 6.06. The Kier molecular flexibility index (Phi) is 3.91. The number of hydrogen-bond acceptors (Lipinski definition) is 3. The lowest BCUT2D eigenvalue weighted by Gasteiger charge is -2.38. The molecule has 0 aromatic heterocycles. The topological polar surface area (TPSA) is 24.8 Å². The van der Waals surface area contributed by atoms with Crippen LogP contribution in [0.1, 0.15) is 40.9 Å². The van der Waals surface area contributed by atoms with Gasteiger partial charge in [0.2, 0.25) is 6.23 Å². The third kappa shape index (κ3) is 2.79. The zero-order valence-corrected chi connectivity index (χ0v) is 15.7. The number of hydrazone groups is 1. The van der Waals surface area contributed by atoms with Crippen LogP contribution < -0.4 is 4.74 Å². The van der Waals surface area contributed by atoms with Gasteiger partial charge in [-0.05, 0) is 36.2 Å². The maximum absolute atomic E-state index is 6.41. The third-order valence-corrected chi connectivity index (χ3v) is 5.58. The monoisotopic (exact) mass is 374 g/mol. The fourth-order valence-corrected chi connectivity index (χ4v) is 4.05. The average Bonchev–Trinajstić information content (AvgIpc) is 3.14. The van der Waals surface area contributed by atoms with Gasteiger partial charge in [0.25, 0.3) is 0 Å². The molecule has 0 N–H and O–H groups in total. The van der Waals surface area contributed by atoms with Crippen LogP contribution in [-0.2, 0) is 0 Å². The quantitative estimate of drug-likeness (QED) is 0.558. The summed E-state index contributed by atoms with van der Waals surface area (Å²) in [6.45, 7) is 2.12. The van der Waals surface area contributed by atoms with Crippen molar-refractivity contribution in [1.29, 1.82) is 0 Å². The largest absolute Gasteiger partial charge is 0.464 e. The summed E-state index contributed by atoms with van der Waals surface area (Å²) in [6.07, 6.45) is 0.626. The van der Waals surface area contributed by atoms with E-state index in [-0.39, 0.29) is 12.3 Å². The van der Waals surface area contributed by atoms with Crippen LogP contribution in [0, 0.1) is 6.92 Å². The van der Waals surface area contributed by atoms with E-state index in [1.54, 1.807) is 0 Å². The Hall–Kier alpha value is -2.78. The van der Waals surface area contributed by atoms with Crippen molar-refractivity contribution in [3.8, 4) is 5.75 Å². The Balaban J connectivity index is 1.61. The Labute approximate surface area is 163 Å². The fraction of sp³-hybridized carbons (Fsp3) is 0.174. The molecule has 0 amide bonds. The number of fused-ring (bicyclic) bond motifs is 3. The molecule has 0 saturated heterocycles. The summed E-state index contributed by atoms with van der Waals surface area (Å²) in [5, 5.41) is 7.85. The van der Waals surface area contributed by atoms with Crippen molar-refractivity contribution in [2.75, 3.05) is 0 Å². The van der Waals surface area contributed by atoms with Crippen molar-refractivity contribution < 1.29 is 4.74 Å². The molecule has 0 fully saturated rings. The molecule has 0 unspecified atom stereocenters. The molecule has 0 spiro atoms. The van der Waals surface area contributed by atoms with E-state index >= 15 is 0 Å². The number of ether oxygens (including phenoxy) is 1. The summed E-state index contributed by atoms with van der Waals surface area (Å²) < 4.78 is 6.41. The van der Waals surface area contributed by atoms with Gasteiger partial charge < -0.3 is 4.74 Å². The van der Waals surface area contributed by atoms with Crippen LogP contribution in [0.3, 0.4) is 0 Å². The first kappa shape index (κ1) is 16.4. The molecule has 134 valence electrons. The molecule has 27 heavy (non-hydrogen) atoms. The van der Waals surface area contributed by atoms with Crippen LogP contribution >= 0.6 is 11.6 Å². The van der Waals surface area contributed by atoms with Crippen LogP contribution in [0.4, 0.5) is 0 Å². The van der Waals surface area contributed by atoms with Gasteiger partial charge in [-0.3, -0.25) is 0 Å². The van der Waals surface area contributed by atoms with E-state index in [2.05, 4.69) is 54.4 Å². The van der Waals surface area contributed by atoms with Crippen molar-refractivity contribution in [3.05, 3.63) is 100 Å². The smallest absolute Gasteiger partial charge is 0.214 e. The first-order valence-electron chi connectivity index (χ1n) is 9.13. The molecule has 0 saturated carbocycles. The number of para-hydroxylation sites is 1. The minimum atomic E-state index is -0.226. The Morgan fingerprint density at radius 3 is 2.41 bits per heavy atom. The lowest BCUT2D eigenvalue weighted by Crippen LogP contribution is -2.34. The Morgan fingerprint density at radius 1 is 0.926 bits per heavy atom. The highest BCUT2D eigenvalue weighted by Crippen LogP contribution is 2.47. The van der Waals surface area contributed by atoms with Gasteiger partial charge in [-0.1, -0.05) is 66.2 Å². The second-order valence-corrected chi connectivity index (χ2v) is 7.45. The average molecular weight is 375 g/mol. The van der Waals surface area contributed by atoms with Crippen molar-refractivity contribution in [1.82, 2.24) is 5.01 Å². The fourth-order valence-electron chi connectivity index (χ4n) is 3.92. The van der Waals surface area contributed by atoms with E-state index in [4.69, 9.17) is 21.4 Å². The molecule has 2 aliphatic heterocycles. The summed E-state index contributed by atoms with van der Waals surface area (Å²) in [6, 6.07) is 24.7. The molecule has 2 aliphatic rings. The molecule has 0 aliphatic carbocycles. The molecule has 0 bridgehead atoms. The maximum Gasteiger partial charge on any atom is 0.214 e. The number of aryl methyl sites for hydroxylation is 1. The van der Waals surface area contributed by atoms with E-state index in [0.717, 1.165) is 34.0 Å². The van der Waals surface area contributed by atoms with Gasteiger partial charge in [0, 0.05) is 22.6 Å². The SMILES string of the molecule is Cc1ccccc1[C@H]1Oc2ccccc2[C@H]2CC(c3ccc(Cl)cc3)=NN21. The molecule has 3 nitrogen and oxygen atoms in total. The van der Waals surface area contributed by atoms with E-state index < -0.39 is 0 Å².